The highest BCUT2D eigenvalue weighted by atomic mass is 16.5. The number of methoxy groups -OCH3 is 1. The SMILES string of the molecule is COc1ccc(-c2ccc3ccc(NC(=O)C(C)C)nc3n2)cc1C. The van der Waals surface area contributed by atoms with Crippen molar-refractivity contribution in [2.75, 3.05) is 12.4 Å². The zero-order chi connectivity index (χ0) is 18.0. The Hall–Kier alpha value is -2.95. The van der Waals surface area contributed by atoms with Gasteiger partial charge in [-0.1, -0.05) is 13.8 Å². The maximum absolute atomic E-state index is 11.9. The number of pyridine rings is 2. The molecule has 5 nitrogen and oxygen atoms in total. The molecule has 3 aromatic rings. The van der Waals surface area contributed by atoms with Crippen molar-refractivity contribution in [2.45, 2.75) is 20.8 Å². The van der Waals surface area contributed by atoms with E-state index < -0.39 is 0 Å². The van der Waals surface area contributed by atoms with Crippen LogP contribution in [0.2, 0.25) is 0 Å². The van der Waals surface area contributed by atoms with E-state index in [0.717, 1.165) is 28.0 Å². The summed E-state index contributed by atoms with van der Waals surface area (Å²) in [4.78, 5) is 21.0. The number of aromatic nitrogens is 2. The Labute approximate surface area is 147 Å². The predicted molar refractivity (Wildman–Crippen MR) is 99.7 cm³/mol. The van der Waals surface area contributed by atoms with Crippen LogP contribution in [-0.4, -0.2) is 23.0 Å². The predicted octanol–water partition coefficient (Wildman–Crippen LogP) is 4.21. The molecule has 0 bridgehead atoms. The van der Waals surface area contributed by atoms with Crippen LogP contribution in [0.5, 0.6) is 5.75 Å². The molecule has 0 aliphatic carbocycles. The number of benzene rings is 1. The normalized spacial score (nSPS) is 10.9. The van der Waals surface area contributed by atoms with Gasteiger partial charge in [-0.3, -0.25) is 4.79 Å². The fourth-order valence-electron chi connectivity index (χ4n) is 2.54. The summed E-state index contributed by atoms with van der Waals surface area (Å²) in [6.45, 7) is 5.69. The monoisotopic (exact) mass is 335 g/mol. The molecular weight excluding hydrogens is 314 g/mol. The van der Waals surface area contributed by atoms with Crippen LogP contribution < -0.4 is 10.1 Å². The van der Waals surface area contributed by atoms with Gasteiger partial charge in [0.1, 0.15) is 11.6 Å². The maximum atomic E-state index is 11.9. The summed E-state index contributed by atoms with van der Waals surface area (Å²) in [6, 6.07) is 13.6. The third-order valence-corrected chi connectivity index (χ3v) is 4.02. The summed E-state index contributed by atoms with van der Waals surface area (Å²) in [5, 5.41) is 3.74. The lowest BCUT2D eigenvalue weighted by molar-refractivity contribution is -0.118. The van der Waals surface area contributed by atoms with Gasteiger partial charge in [0.05, 0.1) is 12.8 Å². The minimum Gasteiger partial charge on any atom is -0.496 e. The van der Waals surface area contributed by atoms with Crippen LogP contribution >= 0.6 is 0 Å². The number of rotatable bonds is 4. The number of carbonyl (C=O) groups excluding carboxylic acids is 1. The van der Waals surface area contributed by atoms with Gasteiger partial charge in [-0.05, 0) is 55.0 Å². The first-order chi connectivity index (χ1) is 12.0. The minimum absolute atomic E-state index is 0.0613. The van der Waals surface area contributed by atoms with Crippen LogP contribution in [0.1, 0.15) is 19.4 Å². The third kappa shape index (κ3) is 3.60. The molecule has 0 radical (unpaired) electrons. The lowest BCUT2D eigenvalue weighted by atomic mass is 10.1. The van der Waals surface area contributed by atoms with Crippen LogP contribution in [0, 0.1) is 12.8 Å². The fourth-order valence-corrected chi connectivity index (χ4v) is 2.54. The molecule has 2 aromatic heterocycles. The van der Waals surface area contributed by atoms with E-state index in [0.29, 0.717) is 11.5 Å². The molecule has 0 aliphatic rings. The van der Waals surface area contributed by atoms with E-state index in [9.17, 15) is 4.79 Å². The first kappa shape index (κ1) is 16.9. The van der Waals surface area contributed by atoms with E-state index in [1.807, 2.05) is 57.2 Å². The van der Waals surface area contributed by atoms with Gasteiger partial charge in [0, 0.05) is 16.9 Å². The first-order valence-electron chi connectivity index (χ1n) is 8.21. The number of fused-ring (bicyclic) bond motifs is 1. The van der Waals surface area contributed by atoms with Crippen LogP contribution in [0.25, 0.3) is 22.3 Å². The molecule has 25 heavy (non-hydrogen) atoms. The van der Waals surface area contributed by atoms with E-state index in [-0.39, 0.29) is 11.8 Å². The van der Waals surface area contributed by atoms with E-state index >= 15 is 0 Å². The Morgan fingerprint density at radius 2 is 1.84 bits per heavy atom. The standard InChI is InChI=1S/C20H21N3O2/c1-12(2)20(24)23-18-10-7-14-5-8-16(21-19(14)22-18)15-6-9-17(25-4)13(3)11-15/h5-12H,1-4H3,(H,21,22,23,24). The number of ether oxygens (including phenoxy) is 1. The number of nitrogens with zero attached hydrogens (tertiary/aromatic N) is 2. The van der Waals surface area contributed by atoms with E-state index in [4.69, 9.17) is 4.74 Å². The van der Waals surface area contributed by atoms with Crippen molar-refractivity contribution < 1.29 is 9.53 Å². The quantitative estimate of drug-likeness (QED) is 0.776. The van der Waals surface area contributed by atoms with Crippen molar-refractivity contribution in [1.82, 2.24) is 9.97 Å². The Morgan fingerprint density at radius 1 is 1.08 bits per heavy atom. The van der Waals surface area contributed by atoms with Crippen LogP contribution in [-0.2, 0) is 4.79 Å². The topological polar surface area (TPSA) is 64.1 Å². The van der Waals surface area contributed by atoms with Gasteiger partial charge in [-0.15, -0.1) is 0 Å². The van der Waals surface area contributed by atoms with E-state index in [2.05, 4.69) is 15.3 Å². The largest absolute Gasteiger partial charge is 0.496 e. The Kier molecular flexibility index (Phi) is 4.65. The lowest BCUT2D eigenvalue weighted by Gasteiger charge is -2.09. The second-order valence-corrected chi connectivity index (χ2v) is 6.27. The summed E-state index contributed by atoms with van der Waals surface area (Å²) in [5.74, 6) is 1.20. The van der Waals surface area contributed by atoms with Gasteiger partial charge in [-0.25, -0.2) is 9.97 Å². The molecule has 0 saturated heterocycles. The van der Waals surface area contributed by atoms with Crippen LogP contribution in [0.3, 0.4) is 0 Å². The number of anilines is 1. The molecule has 0 unspecified atom stereocenters. The van der Waals surface area contributed by atoms with Crippen molar-refractivity contribution in [3.63, 3.8) is 0 Å². The zero-order valence-corrected chi connectivity index (χ0v) is 14.8. The van der Waals surface area contributed by atoms with Crippen molar-refractivity contribution in [3.8, 4) is 17.0 Å². The zero-order valence-electron chi connectivity index (χ0n) is 14.8. The van der Waals surface area contributed by atoms with Gasteiger partial charge in [-0.2, -0.15) is 0 Å². The summed E-state index contributed by atoms with van der Waals surface area (Å²) >= 11 is 0. The molecule has 3 rings (SSSR count). The average Bonchev–Trinajstić information content (AvgIpc) is 2.61. The van der Waals surface area contributed by atoms with Gasteiger partial charge >= 0.3 is 0 Å². The van der Waals surface area contributed by atoms with Crippen molar-refractivity contribution in [1.29, 1.82) is 0 Å². The summed E-state index contributed by atoms with van der Waals surface area (Å²) in [7, 11) is 1.66. The number of nitrogens with one attached hydrogen (secondary N) is 1. The summed E-state index contributed by atoms with van der Waals surface area (Å²) in [6.07, 6.45) is 0. The molecular formula is C20H21N3O2. The second-order valence-electron chi connectivity index (χ2n) is 6.27. The highest BCUT2D eigenvalue weighted by Crippen LogP contribution is 2.26. The maximum Gasteiger partial charge on any atom is 0.228 e. The molecule has 0 fully saturated rings. The molecule has 2 heterocycles. The van der Waals surface area contributed by atoms with Crippen LogP contribution in [0.4, 0.5) is 5.82 Å². The molecule has 5 heteroatoms. The lowest BCUT2D eigenvalue weighted by Crippen LogP contribution is -2.18. The number of hydrogen-bond donors (Lipinski definition) is 1. The van der Waals surface area contributed by atoms with Gasteiger partial charge in [0.15, 0.2) is 5.65 Å². The van der Waals surface area contributed by atoms with Crippen molar-refractivity contribution >= 4 is 22.8 Å². The first-order valence-corrected chi connectivity index (χ1v) is 8.21. The van der Waals surface area contributed by atoms with E-state index in [1.165, 1.54) is 0 Å². The number of hydrogen-bond acceptors (Lipinski definition) is 4. The Bertz CT molecular complexity index is 935. The van der Waals surface area contributed by atoms with Crippen molar-refractivity contribution in [2.24, 2.45) is 5.92 Å². The summed E-state index contributed by atoms with van der Waals surface area (Å²) < 4.78 is 5.31. The summed E-state index contributed by atoms with van der Waals surface area (Å²) in [5.41, 5.74) is 3.48. The smallest absolute Gasteiger partial charge is 0.228 e. The molecule has 0 aliphatic heterocycles. The molecule has 0 atom stereocenters. The number of amides is 1. The molecule has 0 spiro atoms. The third-order valence-electron chi connectivity index (χ3n) is 4.02. The highest BCUT2D eigenvalue weighted by Gasteiger charge is 2.10. The van der Waals surface area contributed by atoms with Crippen molar-refractivity contribution in [3.05, 3.63) is 48.0 Å². The second kappa shape index (κ2) is 6.89. The highest BCUT2D eigenvalue weighted by molar-refractivity contribution is 5.92. The number of carbonyl (C=O) groups is 1. The van der Waals surface area contributed by atoms with Gasteiger partial charge in [0.25, 0.3) is 0 Å². The Balaban J connectivity index is 1.98. The average molecular weight is 335 g/mol. The Morgan fingerprint density at radius 3 is 2.52 bits per heavy atom. The van der Waals surface area contributed by atoms with Gasteiger partial charge in [0.2, 0.25) is 5.91 Å². The van der Waals surface area contributed by atoms with Crippen LogP contribution in [0.15, 0.2) is 42.5 Å². The molecule has 128 valence electrons. The molecule has 1 aromatic carbocycles. The molecule has 1 N–H and O–H groups in total. The molecule has 0 saturated carbocycles. The molecule has 1 amide bonds. The van der Waals surface area contributed by atoms with E-state index in [1.54, 1.807) is 13.2 Å². The number of aryl methyl sites for hydroxylation is 1. The minimum atomic E-state index is -0.0981. The van der Waals surface area contributed by atoms with Gasteiger partial charge < -0.3 is 10.1 Å². The fraction of sp³-hybridized carbons (Fsp3) is 0.250.